The molecule has 5 atom stereocenters. The van der Waals surface area contributed by atoms with Crippen LogP contribution in [0.4, 0.5) is 0 Å². The molecule has 0 heterocycles. The van der Waals surface area contributed by atoms with Gasteiger partial charge in [-0.05, 0) is 25.7 Å². The Balaban J connectivity index is 5.25. The van der Waals surface area contributed by atoms with Gasteiger partial charge in [0.25, 0.3) is 0 Å². The second-order valence-corrected chi connectivity index (χ2v) is 34.5. The molecule has 2 unspecified atom stereocenters. The standard InChI is InChI=1S/C88H172O17P2/c1-5-9-13-17-21-25-29-33-36-38-40-42-44-47-51-55-59-63-67-71-75-88(93)105-84(79-99-86(91)73-69-65-61-57-53-49-46-43-41-39-37-34-30-26-22-18-14-10-6-2)81-103-107(96,97)101-77-82(89)76-100-106(94,95)102-80-83(78-98-85(90)72-68-64-60-56-52-48-32-28-24-20-16-12-8-4)104-87(92)74-70-66-62-58-54-50-45-35-31-27-23-19-15-11-7-3/h82-84,89H,5-81H2,1-4H3,(H,94,95)(H,96,97)/t82-,83+,84+/m0/s1. The summed E-state index contributed by atoms with van der Waals surface area (Å²) in [4.78, 5) is 73.3. The third-order valence-corrected chi connectivity index (χ3v) is 22.8. The van der Waals surface area contributed by atoms with Gasteiger partial charge >= 0.3 is 39.5 Å². The van der Waals surface area contributed by atoms with Crippen molar-refractivity contribution in [1.82, 2.24) is 0 Å². The summed E-state index contributed by atoms with van der Waals surface area (Å²) in [5.41, 5.74) is 0. The number of hydrogen-bond donors (Lipinski definition) is 3. The lowest BCUT2D eigenvalue weighted by Crippen LogP contribution is -2.30. The molecule has 0 aliphatic carbocycles. The van der Waals surface area contributed by atoms with E-state index in [-0.39, 0.29) is 25.7 Å². The predicted octanol–water partition coefficient (Wildman–Crippen LogP) is 27.3. The van der Waals surface area contributed by atoms with Gasteiger partial charge in [0.1, 0.15) is 19.3 Å². The molecule has 0 rings (SSSR count). The lowest BCUT2D eigenvalue weighted by Gasteiger charge is -2.21. The van der Waals surface area contributed by atoms with Gasteiger partial charge in [0.05, 0.1) is 26.4 Å². The first kappa shape index (κ1) is 105. The summed E-state index contributed by atoms with van der Waals surface area (Å²) in [5, 5.41) is 10.7. The largest absolute Gasteiger partial charge is 0.472 e. The molecule has 0 bridgehead atoms. The van der Waals surface area contributed by atoms with Crippen LogP contribution >= 0.6 is 15.6 Å². The zero-order valence-corrected chi connectivity index (χ0v) is 71.9. The Morgan fingerprint density at radius 2 is 0.374 bits per heavy atom. The van der Waals surface area contributed by atoms with Gasteiger partial charge in [0.2, 0.25) is 0 Å². The predicted molar refractivity (Wildman–Crippen MR) is 442 cm³/mol. The summed E-state index contributed by atoms with van der Waals surface area (Å²) in [6.45, 7) is 5.08. The molecular formula is C88H172O17P2. The summed E-state index contributed by atoms with van der Waals surface area (Å²) in [6, 6.07) is 0. The van der Waals surface area contributed by atoms with Crippen LogP contribution in [0.3, 0.4) is 0 Å². The first-order chi connectivity index (χ1) is 52.2. The maximum Gasteiger partial charge on any atom is 0.472 e. The quantitative estimate of drug-likeness (QED) is 0.0222. The summed E-state index contributed by atoms with van der Waals surface area (Å²) < 4.78 is 69.0. The first-order valence-corrected chi connectivity index (χ1v) is 48.8. The number of hydrogen-bond acceptors (Lipinski definition) is 15. The molecule has 0 aromatic heterocycles. The monoisotopic (exact) mass is 1560 g/mol. The number of rotatable bonds is 89. The molecule has 0 fully saturated rings. The van der Waals surface area contributed by atoms with Crippen molar-refractivity contribution < 1.29 is 80.2 Å². The number of ether oxygens (including phenoxy) is 4. The Labute approximate surface area is 658 Å². The van der Waals surface area contributed by atoms with Gasteiger partial charge in [-0.15, -0.1) is 0 Å². The fraction of sp³-hybridized carbons (Fsp3) is 0.955. The zero-order chi connectivity index (χ0) is 78.1. The number of esters is 4. The van der Waals surface area contributed by atoms with E-state index in [1.54, 1.807) is 0 Å². The van der Waals surface area contributed by atoms with Crippen LogP contribution < -0.4 is 0 Å². The number of phosphoric ester groups is 2. The molecule has 0 saturated heterocycles. The Bertz CT molecular complexity index is 2020. The van der Waals surface area contributed by atoms with Gasteiger partial charge in [-0.3, -0.25) is 37.3 Å². The molecule has 0 radical (unpaired) electrons. The molecule has 19 heteroatoms. The molecule has 0 aromatic rings. The lowest BCUT2D eigenvalue weighted by molar-refractivity contribution is -0.161. The molecule has 636 valence electrons. The normalized spacial score (nSPS) is 13.7. The fourth-order valence-corrected chi connectivity index (χ4v) is 15.5. The van der Waals surface area contributed by atoms with Crippen molar-refractivity contribution in [3.05, 3.63) is 0 Å². The van der Waals surface area contributed by atoms with E-state index >= 15 is 0 Å². The van der Waals surface area contributed by atoms with Gasteiger partial charge in [-0.1, -0.05) is 432 Å². The van der Waals surface area contributed by atoms with Gasteiger partial charge in [0, 0.05) is 25.7 Å². The van der Waals surface area contributed by atoms with E-state index in [9.17, 15) is 43.2 Å². The first-order valence-electron chi connectivity index (χ1n) is 45.8. The third kappa shape index (κ3) is 81.9. The van der Waals surface area contributed by atoms with E-state index < -0.39 is 97.5 Å². The average molecular weight is 1560 g/mol. The van der Waals surface area contributed by atoms with Crippen LogP contribution in [-0.4, -0.2) is 96.7 Å². The molecular weight excluding hydrogens is 1390 g/mol. The SMILES string of the molecule is CCCCCCCCCCCCCCCCCCCCCCC(=O)O[C@H](COC(=O)CCCCCCCCCCCCCCCCCCCCC)COP(=O)(O)OC[C@@H](O)COP(=O)(O)OC[C@@H](COC(=O)CCCCCCCCCCCCCCC)OC(=O)CCCCCCCCCCCCCCCCC. The van der Waals surface area contributed by atoms with Crippen LogP contribution in [0, 0.1) is 0 Å². The Kier molecular flexibility index (Phi) is 80.6. The molecule has 0 aliphatic rings. The van der Waals surface area contributed by atoms with E-state index in [4.69, 9.17) is 37.0 Å². The van der Waals surface area contributed by atoms with E-state index in [0.29, 0.717) is 25.7 Å². The Morgan fingerprint density at radius 1 is 0.224 bits per heavy atom. The average Bonchev–Trinajstić information content (AvgIpc) is 0.901. The van der Waals surface area contributed by atoms with Crippen molar-refractivity contribution in [2.24, 2.45) is 0 Å². The van der Waals surface area contributed by atoms with E-state index in [0.717, 1.165) is 89.9 Å². The molecule has 107 heavy (non-hydrogen) atoms. The summed E-state index contributed by atoms with van der Waals surface area (Å²) in [7, 11) is -9.93. The smallest absolute Gasteiger partial charge is 0.462 e. The van der Waals surface area contributed by atoms with Crippen LogP contribution in [0.15, 0.2) is 0 Å². The summed E-state index contributed by atoms with van der Waals surface area (Å²) in [5.74, 6) is -2.09. The molecule has 17 nitrogen and oxygen atoms in total. The highest BCUT2D eigenvalue weighted by Crippen LogP contribution is 2.45. The number of carbonyl (C=O) groups is 4. The van der Waals surface area contributed by atoms with Crippen molar-refractivity contribution in [2.75, 3.05) is 39.6 Å². The van der Waals surface area contributed by atoms with Crippen molar-refractivity contribution >= 4 is 39.5 Å². The second kappa shape index (κ2) is 82.1. The molecule has 0 amide bonds. The second-order valence-electron chi connectivity index (χ2n) is 31.6. The van der Waals surface area contributed by atoms with Crippen LogP contribution in [0.25, 0.3) is 0 Å². The van der Waals surface area contributed by atoms with Gasteiger partial charge < -0.3 is 33.8 Å². The highest BCUT2D eigenvalue weighted by molar-refractivity contribution is 7.47. The van der Waals surface area contributed by atoms with E-state index in [1.165, 1.54) is 315 Å². The summed E-state index contributed by atoms with van der Waals surface area (Å²) >= 11 is 0. The van der Waals surface area contributed by atoms with E-state index in [1.807, 2.05) is 0 Å². The number of phosphoric acid groups is 2. The van der Waals surface area contributed by atoms with Crippen LogP contribution in [-0.2, 0) is 65.4 Å². The summed E-state index contributed by atoms with van der Waals surface area (Å²) in [6.07, 6.45) is 77.7. The lowest BCUT2D eigenvalue weighted by atomic mass is 10.0. The van der Waals surface area contributed by atoms with Gasteiger partial charge in [-0.2, -0.15) is 0 Å². The van der Waals surface area contributed by atoms with Crippen LogP contribution in [0.5, 0.6) is 0 Å². The molecule has 0 aromatic carbocycles. The van der Waals surface area contributed by atoms with Crippen molar-refractivity contribution in [3.63, 3.8) is 0 Å². The highest BCUT2D eigenvalue weighted by Gasteiger charge is 2.30. The minimum absolute atomic E-state index is 0.109. The van der Waals surface area contributed by atoms with E-state index in [2.05, 4.69) is 27.7 Å². The number of aliphatic hydroxyl groups excluding tert-OH is 1. The van der Waals surface area contributed by atoms with Crippen LogP contribution in [0.1, 0.15) is 484 Å². The Morgan fingerprint density at radius 3 is 0.551 bits per heavy atom. The van der Waals surface area contributed by atoms with Gasteiger partial charge in [0.15, 0.2) is 12.2 Å². The maximum absolute atomic E-state index is 13.2. The highest BCUT2D eigenvalue weighted by atomic mass is 31.2. The maximum atomic E-state index is 13.2. The molecule has 0 aliphatic heterocycles. The number of carbonyl (C=O) groups excluding carboxylic acids is 4. The minimum atomic E-state index is -4.97. The minimum Gasteiger partial charge on any atom is -0.462 e. The molecule has 0 spiro atoms. The number of aliphatic hydroxyl groups is 1. The Hall–Kier alpha value is -1.94. The van der Waals surface area contributed by atoms with Crippen molar-refractivity contribution in [2.45, 2.75) is 502 Å². The molecule has 3 N–H and O–H groups in total. The fourth-order valence-electron chi connectivity index (χ4n) is 13.9. The number of unbranched alkanes of at least 4 members (excludes halogenated alkanes) is 63. The van der Waals surface area contributed by atoms with Crippen molar-refractivity contribution in [1.29, 1.82) is 0 Å². The van der Waals surface area contributed by atoms with Gasteiger partial charge in [-0.25, -0.2) is 9.13 Å². The zero-order valence-electron chi connectivity index (χ0n) is 70.1. The van der Waals surface area contributed by atoms with Crippen molar-refractivity contribution in [3.8, 4) is 0 Å². The van der Waals surface area contributed by atoms with Crippen LogP contribution in [0.2, 0.25) is 0 Å². The third-order valence-electron chi connectivity index (χ3n) is 20.9. The topological polar surface area (TPSA) is 237 Å². The molecule has 0 saturated carbocycles.